The molecule has 7 heteroatoms. The van der Waals surface area contributed by atoms with Crippen molar-refractivity contribution in [1.82, 2.24) is 9.47 Å². The van der Waals surface area contributed by atoms with E-state index >= 15 is 0 Å². The van der Waals surface area contributed by atoms with Crippen LogP contribution in [0.5, 0.6) is 5.75 Å². The van der Waals surface area contributed by atoms with E-state index in [1.165, 1.54) is 16.8 Å². The van der Waals surface area contributed by atoms with Crippen LogP contribution in [-0.4, -0.2) is 41.0 Å². The van der Waals surface area contributed by atoms with Gasteiger partial charge in [0, 0.05) is 26.3 Å². The van der Waals surface area contributed by atoms with Crippen LogP contribution in [-0.2, 0) is 11.8 Å². The Morgan fingerprint density at radius 2 is 1.89 bits per heavy atom. The van der Waals surface area contributed by atoms with Gasteiger partial charge in [-0.25, -0.2) is 0 Å². The van der Waals surface area contributed by atoms with Crippen LogP contribution in [0.1, 0.15) is 28.8 Å². The average molecular weight is 369 g/mol. The van der Waals surface area contributed by atoms with Gasteiger partial charge in [0.15, 0.2) is 6.61 Å². The number of hydrogen-bond acceptors (Lipinski definition) is 4. The molecule has 0 unspecified atom stereocenters. The number of rotatable bonds is 5. The maximum absolute atomic E-state index is 12.6. The van der Waals surface area contributed by atoms with E-state index in [4.69, 9.17) is 4.74 Å². The van der Waals surface area contributed by atoms with E-state index in [0.29, 0.717) is 24.4 Å². The minimum atomic E-state index is -0.457. The van der Waals surface area contributed by atoms with Crippen LogP contribution in [0.3, 0.4) is 0 Å². The summed E-state index contributed by atoms with van der Waals surface area (Å²) in [6.07, 6.45) is 3.47. The number of pyridine rings is 1. The summed E-state index contributed by atoms with van der Waals surface area (Å²) >= 11 is 0. The fourth-order valence-corrected chi connectivity index (χ4v) is 3.07. The SMILES string of the molecule is Cc1ccccc1OCC(=O)Nc1cc(C(=O)N2CCCC2)cn(C)c1=O. The topological polar surface area (TPSA) is 80.6 Å². The Morgan fingerprint density at radius 1 is 1.19 bits per heavy atom. The molecule has 0 atom stereocenters. The van der Waals surface area contributed by atoms with Crippen molar-refractivity contribution in [3.63, 3.8) is 0 Å². The molecule has 1 saturated heterocycles. The van der Waals surface area contributed by atoms with Crippen LogP contribution in [0.4, 0.5) is 5.69 Å². The summed E-state index contributed by atoms with van der Waals surface area (Å²) in [5.74, 6) is 0.0226. The zero-order chi connectivity index (χ0) is 19.4. The van der Waals surface area contributed by atoms with Gasteiger partial charge in [-0.05, 0) is 37.5 Å². The molecule has 0 spiro atoms. The first-order valence-corrected chi connectivity index (χ1v) is 8.94. The van der Waals surface area contributed by atoms with Crippen molar-refractivity contribution < 1.29 is 14.3 Å². The van der Waals surface area contributed by atoms with E-state index in [1.54, 1.807) is 18.0 Å². The largest absolute Gasteiger partial charge is 0.483 e. The Labute approximate surface area is 157 Å². The van der Waals surface area contributed by atoms with Crippen LogP contribution in [0, 0.1) is 6.92 Å². The van der Waals surface area contributed by atoms with Crippen LogP contribution in [0.2, 0.25) is 0 Å². The summed E-state index contributed by atoms with van der Waals surface area (Å²) in [5.41, 5.74) is 0.992. The molecule has 142 valence electrons. The molecule has 0 aliphatic carbocycles. The van der Waals surface area contributed by atoms with E-state index in [2.05, 4.69) is 5.32 Å². The number of nitrogens with zero attached hydrogens (tertiary/aromatic N) is 2. The first kappa shape index (κ1) is 18.7. The lowest BCUT2D eigenvalue weighted by molar-refractivity contribution is -0.118. The number of likely N-dealkylation sites (tertiary alicyclic amines) is 1. The molecule has 3 rings (SSSR count). The molecule has 1 aliphatic heterocycles. The summed E-state index contributed by atoms with van der Waals surface area (Å²) in [7, 11) is 1.56. The highest BCUT2D eigenvalue weighted by Crippen LogP contribution is 2.16. The number of nitrogens with one attached hydrogen (secondary N) is 1. The smallest absolute Gasteiger partial charge is 0.274 e. The van der Waals surface area contributed by atoms with E-state index in [0.717, 1.165) is 18.4 Å². The van der Waals surface area contributed by atoms with Gasteiger partial charge in [0.25, 0.3) is 17.4 Å². The zero-order valence-corrected chi connectivity index (χ0v) is 15.5. The van der Waals surface area contributed by atoms with Crippen molar-refractivity contribution in [3.8, 4) is 5.75 Å². The van der Waals surface area contributed by atoms with Crippen molar-refractivity contribution in [2.45, 2.75) is 19.8 Å². The maximum Gasteiger partial charge on any atom is 0.274 e. The van der Waals surface area contributed by atoms with Gasteiger partial charge in [0.2, 0.25) is 0 Å². The lowest BCUT2D eigenvalue weighted by Gasteiger charge is -2.16. The molecule has 1 aliphatic rings. The lowest BCUT2D eigenvalue weighted by atomic mass is 10.2. The number of benzene rings is 1. The van der Waals surface area contributed by atoms with Gasteiger partial charge in [0.05, 0.1) is 5.56 Å². The molecule has 27 heavy (non-hydrogen) atoms. The molecule has 2 aromatic rings. The number of carbonyl (C=O) groups excluding carboxylic acids is 2. The molecular weight excluding hydrogens is 346 g/mol. The summed E-state index contributed by atoms with van der Waals surface area (Å²) in [5, 5.41) is 2.56. The number of para-hydroxylation sites is 1. The number of hydrogen-bond donors (Lipinski definition) is 1. The number of aromatic nitrogens is 1. The second-order valence-corrected chi connectivity index (χ2v) is 6.66. The second kappa shape index (κ2) is 8.07. The lowest BCUT2D eigenvalue weighted by Crippen LogP contribution is -2.31. The van der Waals surface area contributed by atoms with E-state index in [9.17, 15) is 14.4 Å². The molecule has 7 nitrogen and oxygen atoms in total. The third-order valence-electron chi connectivity index (χ3n) is 4.55. The van der Waals surface area contributed by atoms with Crippen molar-refractivity contribution in [2.24, 2.45) is 7.05 Å². The van der Waals surface area contributed by atoms with Gasteiger partial charge < -0.3 is 19.5 Å². The fourth-order valence-electron chi connectivity index (χ4n) is 3.07. The monoisotopic (exact) mass is 369 g/mol. The summed E-state index contributed by atoms with van der Waals surface area (Å²) < 4.78 is 6.81. The highest BCUT2D eigenvalue weighted by Gasteiger charge is 2.21. The average Bonchev–Trinajstić information content (AvgIpc) is 3.18. The Kier molecular flexibility index (Phi) is 5.59. The zero-order valence-electron chi connectivity index (χ0n) is 15.5. The number of aryl methyl sites for hydroxylation is 2. The van der Waals surface area contributed by atoms with E-state index in [1.807, 2.05) is 25.1 Å². The van der Waals surface area contributed by atoms with Gasteiger partial charge in [-0.3, -0.25) is 14.4 Å². The molecule has 1 aromatic carbocycles. The predicted molar refractivity (Wildman–Crippen MR) is 102 cm³/mol. The summed E-state index contributed by atoms with van der Waals surface area (Å²) in [6, 6.07) is 8.81. The first-order valence-electron chi connectivity index (χ1n) is 8.94. The quantitative estimate of drug-likeness (QED) is 0.873. The Balaban J connectivity index is 1.71. The molecule has 2 heterocycles. The normalized spacial score (nSPS) is 13.5. The van der Waals surface area contributed by atoms with Gasteiger partial charge in [-0.2, -0.15) is 0 Å². The Hall–Kier alpha value is -3.09. The molecule has 1 aromatic heterocycles. The third-order valence-corrected chi connectivity index (χ3v) is 4.55. The maximum atomic E-state index is 12.6. The summed E-state index contributed by atoms with van der Waals surface area (Å²) in [4.78, 5) is 38.9. The van der Waals surface area contributed by atoms with Crippen LogP contribution in [0.15, 0.2) is 41.3 Å². The minimum absolute atomic E-state index is 0.0703. The van der Waals surface area contributed by atoms with Gasteiger partial charge >= 0.3 is 0 Å². The molecule has 0 radical (unpaired) electrons. The van der Waals surface area contributed by atoms with Crippen LogP contribution < -0.4 is 15.6 Å². The molecule has 2 amide bonds. The number of amides is 2. The molecular formula is C20H23N3O4. The predicted octanol–water partition coefficient (Wildman–Crippen LogP) is 1.95. The van der Waals surface area contributed by atoms with Gasteiger partial charge in [-0.15, -0.1) is 0 Å². The van der Waals surface area contributed by atoms with Crippen LogP contribution >= 0.6 is 0 Å². The molecule has 0 bridgehead atoms. The first-order chi connectivity index (χ1) is 13.0. The van der Waals surface area contributed by atoms with Crippen LogP contribution in [0.25, 0.3) is 0 Å². The number of ether oxygens (including phenoxy) is 1. The fraction of sp³-hybridized carbons (Fsp3) is 0.350. The van der Waals surface area contributed by atoms with Crippen molar-refractivity contribution in [2.75, 3.05) is 25.0 Å². The molecule has 1 N–H and O–H groups in total. The second-order valence-electron chi connectivity index (χ2n) is 6.66. The van der Waals surface area contributed by atoms with E-state index in [-0.39, 0.29) is 23.8 Å². The number of carbonyl (C=O) groups is 2. The van der Waals surface area contributed by atoms with Gasteiger partial charge in [0.1, 0.15) is 11.4 Å². The minimum Gasteiger partial charge on any atom is -0.483 e. The third kappa shape index (κ3) is 4.36. The Bertz CT molecular complexity index is 914. The standard InChI is InChI=1S/C20H23N3O4/c1-14-7-3-4-8-17(14)27-13-18(24)21-16-11-15(12-22(2)20(16)26)19(25)23-9-5-6-10-23/h3-4,7-8,11-12H,5-6,9-10,13H2,1-2H3,(H,21,24). The van der Waals surface area contributed by atoms with Crippen molar-refractivity contribution in [3.05, 3.63) is 58.0 Å². The highest BCUT2D eigenvalue weighted by molar-refractivity contribution is 5.97. The Morgan fingerprint density at radius 3 is 2.59 bits per heavy atom. The summed E-state index contributed by atoms with van der Waals surface area (Å²) in [6.45, 7) is 3.09. The van der Waals surface area contributed by atoms with Crippen molar-refractivity contribution >= 4 is 17.5 Å². The molecule has 1 fully saturated rings. The highest BCUT2D eigenvalue weighted by atomic mass is 16.5. The van der Waals surface area contributed by atoms with Crippen molar-refractivity contribution in [1.29, 1.82) is 0 Å². The van der Waals surface area contributed by atoms with Gasteiger partial charge in [-0.1, -0.05) is 18.2 Å². The number of anilines is 1. The molecule has 0 saturated carbocycles. The van der Waals surface area contributed by atoms with E-state index < -0.39 is 5.91 Å².